The summed E-state index contributed by atoms with van der Waals surface area (Å²) >= 11 is 1.60. The number of nitrogens with zero attached hydrogens (tertiary/aromatic N) is 8. The molecule has 2 saturated heterocycles. The molecule has 1 aliphatic carbocycles. The van der Waals surface area contributed by atoms with Crippen LogP contribution in [0, 0.1) is 18.2 Å². The monoisotopic (exact) mass is 1070 g/mol. The topological polar surface area (TPSA) is 215 Å². The average molecular weight is 1070 g/mol. The zero-order valence-corrected chi connectivity index (χ0v) is 45.7. The van der Waals surface area contributed by atoms with Crippen LogP contribution in [-0.2, 0) is 19.2 Å². The Labute approximate surface area is 453 Å². The lowest BCUT2D eigenvalue weighted by Gasteiger charge is -2.35. The quantitative estimate of drug-likeness (QED) is 0.0408. The van der Waals surface area contributed by atoms with Crippen LogP contribution in [0.1, 0.15) is 138 Å². The second kappa shape index (κ2) is 24.5. The van der Waals surface area contributed by atoms with E-state index in [1.807, 2.05) is 79.9 Å². The summed E-state index contributed by atoms with van der Waals surface area (Å²) in [5.74, 6) is -0.711. The van der Waals surface area contributed by atoms with Gasteiger partial charge in [-0.05, 0) is 87.1 Å². The van der Waals surface area contributed by atoms with Crippen molar-refractivity contribution < 1.29 is 28.4 Å². The van der Waals surface area contributed by atoms with Crippen LogP contribution >= 0.6 is 11.3 Å². The molecule has 18 nitrogen and oxygen atoms in total. The number of carbonyl (C=O) groups is 5. The standard InChI is InChI=1S/C57H72FN13O5S/c1-36(38-15-19-40(20-16-38)50-37(2)61-35-77-50)64-54(74)46-13-12-24-70(46)56(76)51(57(3,4)5)67-48(72)14-10-8-6-7-9-11-23-59-49(73)34-68-25-27-69(28-26-68)55(75)41-21-22-44(43(58)29-41)65-52-53-60-32-47(42-30-62-63-31-42)71(53)33-45(66-52)39-17-18-39/h15-16,19-22,29-33,35-36,39,46,51H,6-14,17-18,23-28,34H2,1-5H3,(H,59,73)(H,62,63)(H,64,74)(H,65,66)(H,67,72)/t36-,46-,51+/m0/s1. The number of thiazole rings is 1. The van der Waals surface area contributed by atoms with E-state index in [0.29, 0.717) is 82.3 Å². The van der Waals surface area contributed by atoms with E-state index in [1.165, 1.54) is 6.07 Å². The van der Waals surface area contributed by atoms with Crippen molar-refractivity contribution in [2.45, 2.75) is 129 Å². The van der Waals surface area contributed by atoms with E-state index in [1.54, 1.807) is 51.9 Å². The third-order valence-corrected chi connectivity index (χ3v) is 16.0. The minimum absolute atomic E-state index is 0.0613. The number of hydrogen-bond donors (Lipinski definition) is 5. The van der Waals surface area contributed by atoms with Gasteiger partial charge in [-0.25, -0.2) is 19.3 Å². The first kappa shape index (κ1) is 54.7. The Morgan fingerprint density at radius 3 is 2.30 bits per heavy atom. The van der Waals surface area contributed by atoms with Gasteiger partial charge in [-0.1, -0.05) is 70.7 Å². The van der Waals surface area contributed by atoms with Gasteiger partial charge < -0.3 is 31.1 Å². The number of aryl methyl sites for hydroxylation is 1. The number of amides is 5. The number of anilines is 2. The molecule has 20 heteroatoms. The van der Waals surface area contributed by atoms with Gasteiger partial charge in [0.15, 0.2) is 11.5 Å². The maximum absolute atomic E-state index is 15.7. The third kappa shape index (κ3) is 13.6. The highest BCUT2D eigenvalue weighted by Crippen LogP contribution is 2.41. The molecular weight excluding hydrogens is 998 g/mol. The molecule has 3 aliphatic rings. The molecule has 0 spiro atoms. The largest absolute Gasteiger partial charge is 0.355 e. The second-order valence-electron chi connectivity index (χ2n) is 21.9. The molecule has 2 aromatic carbocycles. The van der Waals surface area contributed by atoms with Crippen molar-refractivity contribution in [2.75, 3.05) is 51.1 Å². The lowest BCUT2D eigenvalue weighted by atomic mass is 9.85. The Balaban J connectivity index is 0.636. The summed E-state index contributed by atoms with van der Waals surface area (Å²) in [6.07, 6.45) is 16.2. The molecule has 77 heavy (non-hydrogen) atoms. The van der Waals surface area contributed by atoms with E-state index < -0.39 is 23.3 Å². The van der Waals surface area contributed by atoms with Gasteiger partial charge in [-0.3, -0.25) is 38.4 Å². The summed E-state index contributed by atoms with van der Waals surface area (Å²) in [5, 5.41) is 19.2. The van der Waals surface area contributed by atoms with Crippen LogP contribution in [0.15, 0.2) is 72.8 Å². The van der Waals surface area contributed by atoms with Crippen LogP contribution in [-0.4, -0.2) is 132 Å². The number of imidazole rings is 1. The zero-order valence-electron chi connectivity index (χ0n) is 44.9. The minimum Gasteiger partial charge on any atom is -0.355 e. The first-order chi connectivity index (χ1) is 37.1. The molecule has 1 saturated carbocycles. The Morgan fingerprint density at radius 2 is 1.61 bits per heavy atom. The van der Waals surface area contributed by atoms with Crippen molar-refractivity contribution in [3.05, 3.63) is 101 Å². The number of benzene rings is 2. The van der Waals surface area contributed by atoms with Gasteiger partial charge in [-0.2, -0.15) is 5.10 Å². The number of H-pyrrole nitrogens is 1. The first-order valence-corrected chi connectivity index (χ1v) is 28.1. The number of halogens is 1. The van der Waals surface area contributed by atoms with E-state index in [4.69, 9.17) is 4.98 Å². The molecular formula is C57H72FN13O5S. The fraction of sp³-hybridized carbons (Fsp3) is 0.491. The fourth-order valence-corrected chi connectivity index (χ4v) is 11.1. The third-order valence-electron chi connectivity index (χ3n) is 15.0. The van der Waals surface area contributed by atoms with E-state index in [2.05, 4.69) is 41.4 Å². The molecule has 6 aromatic rings. The number of piperazine rings is 1. The molecule has 2 aliphatic heterocycles. The fourth-order valence-electron chi connectivity index (χ4n) is 10.3. The van der Waals surface area contributed by atoms with Crippen LogP contribution in [0.4, 0.5) is 15.9 Å². The second-order valence-corrected chi connectivity index (χ2v) is 22.8. The Kier molecular flexibility index (Phi) is 17.4. The van der Waals surface area contributed by atoms with Gasteiger partial charge in [0.1, 0.15) is 17.9 Å². The highest BCUT2D eigenvalue weighted by molar-refractivity contribution is 7.13. The number of hydrogen-bond acceptors (Lipinski definition) is 12. The molecule has 4 aromatic heterocycles. The number of carbonyl (C=O) groups excluding carboxylic acids is 5. The first-order valence-electron chi connectivity index (χ1n) is 27.2. The van der Waals surface area contributed by atoms with Crippen molar-refractivity contribution in [1.29, 1.82) is 0 Å². The van der Waals surface area contributed by atoms with E-state index >= 15 is 4.39 Å². The van der Waals surface area contributed by atoms with Crippen molar-refractivity contribution in [3.63, 3.8) is 0 Å². The van der Waals surface area contributed by atoms with Gasteiger partial charge in [0, 0.05) is 75.1 Å². The zero-order chi connectivity index (χ0) is 54.2. The molecule has 5 amide bonds. The summed E-state index contributed by atoms with van der Waals surface area (Å²) in [5.41, 5.74) is 7.92. The summed E-state index contributed by atoms with van der Waals surface area (Å²) in [6, 6.07) is 10.9. The van der Waals surface area contributed by atoms with E-state index in [-0.39, 0.29) is 53.4 Å². The number of aromatic nitrogens is 6. The predicted molar refractivity (Wildman–Crippen MR) is 295 cm³/mol. The minimum atomic E-state index is -0.766. The molecule has 9 rings (SSSR count). The lowest BCUT2D eigenvalue weighted by Crippen LogP contribution is -2.57. The summed E-state index contributed by atoms with van der Waals surface area (Å²) in [7, 11) is 0. The maximum atomic E-state index is 15.7. The Morgan fingerprint density at radius 1 is 0.857 bits per heavy atom. The predicted octanol–water partition coefficient (Wildman–Crippen LogP) is 8.32. The highest BCUT2D eigenvalue weighted by Gasteiger charge is 2.42. The Hall–Kier alpha value is -7.06. The number of nitrogens with one attached hydrogen (secondary N) is 5. The summed E-state index contributed by atoms with van der Waals surface area (Å²) in [4.78, 5) is 87.5. The molecule has 0 radical (unpaired) electrons. The van der Waals surface area contributed by atoms with Crippen molar-refractivity contribution in [1.82, 2.24) is 60.2 Å². The van der Waals surface area contributed by atoms with Crippen LogP contribution in [0.3, 0.4) is 0 Å². The summed E-state index contributed by atoms with van der Waals surface area (Å²) in [6.45, 7) is 12.9. The van der Waals surface area contributed by atoms with Gasteiger partial charge in [-0.15, -0.1) is 11.3 Å². The smallest absolute Gasteiger partial charge is 0.254 e. The van der Waals surface area contributed by atoms with Crippen LogP contribution in [0.5, 0.6) is 0 Å². The maximum Gasteiger partial charge on any atom is 0.254 e. The van der Waals surface area contributed by atoms with Crippen LogP contribution in [0.25, 0.3) is 27.3 Å². The molecule has 0 unspecified atom stereocenters. The number of likely N-dealkylation sites (tertiary alicyclic amines) is 1. The molecule has 3 fully saturated rings. The van der Waals surface area contributed by atoms with E-state index in [0.717, 1.165) is 83.6 Å². The van der Waals surface area contributed by atoms with Gasteiger partial charge in [0.2, 0.25) is 23.6 Å². The van der Waals surface area contributed by atoms with E-state index in [9.17, 15) is 24.0 Å². The SMILES string of the molecule is Cc1ncsc1-c1ccc([C@H](C)NC(=O)[C@@H]2CCCN2C(=O)[C@@H](NC(=O)CCCCCCCCNC(=O)CN2CCN(C(=O)c3ccc(Nc4nc(C5CC5)cn5c(-c6cn[nH]c6)cnc45)c(F)c3)CC2)C(C)(C)C)cc1. The van der Waals surface area contributed by atoms with Gasteiger partial charge in [0.25, 0.3) is 5.91 Å². The number of unbranched alkanes of at least 4 members (excludes halogenated alkanes) is 5. The average Bonchev–Trinajstić information content (AvgIpc) is 3.84. The van der Waals surface area contributed by atoms with Crippen LogP contribution in [0.2, 0.25) is 0 Å². The Bertz CT molecular complexity index is 3030. The van der Waals surface area contributed by atoms with Crippen molar-refractivity contribution >= 4 is 58.0 Å². The van der Waals surface area contributed by atoms with Crippen molar-refractivity contribution in [2.24, 2.45) is 5.41 Å². The molecule has 5 N–H and O–H groups in total. The highest BCUT2D eigenvalue weighted by atomic mass is 32.1. The number of rotatable bonds is 22. The van der Waals surface area contributed by atoms with Gasteiger partial charge in [0.05, 0.1) is 58.1 Å². The lowest BCUT2D eigenvalue weighted by molar-refractivity contribution is -0.144. The normalized spacial score (nSPS) is 16.8. The van der Waals surface area contributed by atoms with Gasteiger partial charge >= 0.3 is 0 Å². The number of fused-ring (bicyclic) bond motifs is 1. The number of aromatic amines is 1. The molecule has 408 valence electrons. The molecule has 6 heterocycles. The molecule has 0 bridgehead atoms. The van der Waals surface area contributed by atoms with Crippen LogP contribution < -0.4 is 21.3 Å². The summed E-state index contributed by atoms with van der Waals surface area (Å²) < 4.78 is 17.6. The van der Waals surface area contributed by atoms with Crippen molar-refractivity contribution in [3.8, 4) is 21.7 Å². The molecule has 3 atom stereocenters.